The molecular weight excluding hydrogens is 422 g/mol. The predicted octanol–water partition coefficient (Wildman–Crippen LogP) is 3.80. The third-order valence-electron chi connectivity index (χ3n) is 5.42. The number of anilines is 1. The second-order valence-corrected chi connectivity index (χ2v) is 8.41. The number of amides is 1. The molecule has 160 valence electrons. The highest BCUT2D eigenvalue weighted by molar-refractivity contribution is 7.17. The van der Waals surface area contributed by atoms with Crippen molar-refractivity contribution < 1.29 is 9.53 Å². The van der Waals surface area contributed by atoms with Crippen molar-refractivity contribution in [3.8, 4) is 17.6 Å². The molecule has 1 saturated heterocycles. The van der Waals surface area contributed by atoms with E-state index in [2.05, 4.69) is 56.2 Å². The zero-order valence-electron chi connectivity index (χ0n) is 17.3. The quantitative estimate of drug-likeness (QED) is 0.362. The summed E-state index contributed by atoms with van der Waals surface area (Å²) in [6.45, 7) is 5.18. The molecule has 4 aromatic rings. The van der Waals surface area contributed by atoms with Gasteiger partial charge in [-0.1, -0.05) is 18.6 Å². The highest BCUT2D eigenvalue weighted by atomic mass is 32.1. The van der Waals surface area contributed by atoms with Crippen LogP contribution in [0.1, 0.15) is 12.1 Å². The van der Waals surface area contributed by atoms with Crippen LogP contribution in [0.25, 0.3) is 21.1 Å². The van der Waals surface area contributed by atoms with Crippen molar-refractivity contribution in [1.29, 1.82) is 0 Å². The van der Waals surface area contributed by atoms with Crippen molar-refractivity contribution in [2.24, 2.45) is 0 Å². The van der Waals surface area contributed by atoms with Crippen molar-refractivity contribution in [3.63, 3.8) is 0 Å². The first kappa shape index (κ1) is 20.1. The van der Waals surface area contributed by atoms with E-state index in [1.807, 2.05) is 18.2 Å². The van der Waals surface area contributed by atoms with Gasteiger partial charge in [-0.2, -0.15) is 0 Å². The first-order valence-electron chi connectivity index (χ1n) is 10.3. The Morgan fingerprint density at radius 2 is 2.31 bits per heavy atom. The van der Waals surface area contributed by atoms with Crippen molar-refractivity contribution in [2.75, 3.05) is 25.0 Å². The Hall–Kier alpha value is -3.83. The SMILES string of the molecule is C=CC(=O)N1CCC(Nc2ncnc3[nH]c(C#CCOc4cccc5sccc45)cc23)C1. The van der Waals surface area contributed by atoms with Crippen LogP contribution >= 0.6 is 11.3 Å². The van der Waals surface area contributed by atoms with Crippen LogP contribution in [0.3, 0.4) is 0 Å². The molecule has 3 aromatic heterocycles. The van der Waals surface area contributed by atoms with Crippen LogP contribution in [0, 0.1) is 11.8 Å². The molecule has 0 radical (unpaired) electrons. The van der Waals surface area contributed by atoms with Crippen LogP contribution in [-0.4, -0.2) is 51.5 Å². The van der Waals surface area contributed by atoms with Gasteiger partial charge in [-0.25, -0.2) is 9.97 Å². The van der Waals surface area contributed by atoms with Gasteiger partial charge < -0.3 is 19.9 Å². The number of nitrogens with one attached hydrogen (secondary N) is 2. The van der Waals surface area contributed by atoms with Gasteiger partial charge in [0.15, 0.2) is 0 Å². The molecule has 4 heterocycles. The Bertz CT molecular complexity index is 1360. The molecule has 1 atom stereocenters. The van der Waals surface area contributed by atoms with Crippen molar-refractivity contribution in [2.45, 2.75) is 12.5 Å². The zero-order valence-corrected chi connectivity index (χ0v) is 18.1. The van der Waals surface area contributed by atoms with Gasteiger partial charge in [0.25, 0.3) is 0 Å². The number of rotatable bonds is 5. The van der Waals surface area contributed by atoms with Crippen LogP contribution < -0.4 is 10.1 Å². The molecule has 5 rings (SSSR count). The highest BCUT2D eigenvalue weighted by Gasteiger charge is 2.25. The Balaban J connectivity index is 1.27. The minimum absolute atomic E-state index is 0.0428. The third kappa shape index (κ3) is 4.03. The second-order valence-electron chi connectivity index (χ2n) is 7.46. The number of H-pyrrole nitrogens is 1. The van der Waals surface area contributed by atoms with E-state index in [-0.39, 0.29) is 18.6 Å². The topological polar surface area (TPSA) is 83.1 Å². The lowest BCUT2D eigenvalue weighted by Crippen LogP contribution is -2.30. The maximum atomic E-state index is 11.8. The molecular formula is C24H21N5O2S. The van der Waals surface area contributed by atoms with E-state index in [1.54, 1.807) is 16.2 Å². The highest BCUT2D eigenvalue weighted by Crippen LogP contribution is 2.29. The van der Waals surface area contributed by atoms with E-state index in [1.165, 1.54) is 17.1 Å². The number of ether oxygens (including phenoxy) is 1. The summed E-state index contributed by atoms with van der Waals surface area (Å²) in [7, 11) is 0. The smallest absolute Gasteiger partial charge is 0.246 e. The summed E-state index contributed by atoms with van der Waals surface area (Å²) in [5, 5.41) is 7.47. The van der Waals surface area contributed by atoms with Gasteiger partial charge in [-0.05, 0) is 48.1 Å². The van der Waals surface area contributed by atoms with Gasteiger partial charge in [0.1, 0.15) is 30.1 Å². The maximum absolute atomic E-state index is 11.8. The van der Waals surface area contributed by atoms with Crippen molar-refractivity contribution in [1.82, 2.24) is 19.9 Å². The molecule has 0 spiro atoms. The number of aromatic nitrogens is 3. The molecule has 1 fully saturated rings. The molecule has 1 amide bonds. The van der Waals surface area contributed by atoms with Crippen LogP contribution in [0.15, 0.2) is 54.7 Å². The minimum atomic E-state index is -0.0428. The van der Waals surface area contributed by atoms with Gasteiger partial charge in [0.05, 0.1) is 11.1 Å². The van der Waals surface area contributed by atoms with E-state index < -0.39 is 0 Å². The molecule has 0 aliphatic carbocycles. The number of hydrogen-bond acceptors (Lipinski definition) is 6. The fraction of sp³-hybridized carbons (Fsp3) is 0.208. The zero-order chi connectivity index (χ0) is 21.9. The second kappa shape index (κ2) is 8.73. The number of hydrogen-bond donors (Lipinski definition) is 2. The summed E-state index contributed by atoms with van der Waals surface area (Å²) in [4.78, 5) is 25.5. The van der Waals surface area contributed by atoms with E-state index >= 15 is 0 Å². The van der Waals surface area contributed by atoms with Crippen LogP contribution in [0.5, 0.6) is 5.75 Å². The number of carbonyl (C=O) groups excluding carboxylic acids is 1. The summed E-state index contributed by atoms with van der Waals surface area (Å²) in [5.74, 6) is 7.70. The average Bonchev–Trinajstić information content (AvgIpc) is 3.55. The molecule has 8 heteroatoms. The van der Waals surface area contributed by atoms with Gasteiger partial charge in [-0.15, -0.1) is 11.3 Å². The summed E-state index contributed by atoms with van der Waals surface area (Å²) in [6.07, 6.45) is 3.73. The predicted molar refractivity (Wildman–Crippen MR) is 127 cm³/mol. The number of fused-ring (bicyclic) bond motifs is 2. The number of carbonyl (C=O) groups is 1. The molecule has 7 nitrogen and oxygen atoms in total. The maximum Gasteiger partial charge on any atom is 0.246 e. The van der Waals surface area contributed by atoms with Gasteiger partial charge >= 0.3 is 0 Å². The van der Waals surface area contributed by atoms with Crippen LogP contribution in [0.2, 0.25) is 0 Å². The average molecular weight is 444 g/mol. The first-order valence-corrected chi connectivity index (χ1v) is 11.2. The normalized spacial score (nSPS) is 15.5. The number of nitrogens with zero attached hydrogens (tertiary/aromatic N) is 3. The largest absolute Gasteiger partial charge is 0.480 e. The Morgan fingerprint density at radius 1 is 1.38 bits per heavy atom. The number of thiophene rings is 1. The first-order chi connectivity index (χ1) is 15.7. The monoisotopic (exact) mass is 443 g/mol. The molecule has 32 heavy (non-hydrogen) atoms. The van der Waals surface area contributed by atoms with Crippen molar-refractivity contribution in [3.05, 3.63) is 60.4 Å². The fourth-order valence-electron chi connectivity index (χ4n) is 3.86. The fourth-order valence-corrected chi connectivity index (χ4v) is 4.66. The Kier molecular flexibility index (Phi) is 5.48. The molecule has 1 aromatic carbocycles. The molecule has 1 unspecified atom stereocenters. The van der Waals surface area contributed by atoms with E-state index in [4.69, 9.17) is 4.74 Å². The Morgan fingerprint density at radius 3 is 3.22 bits per heavy atom. The summed E-state index contributed by atoms with van der Waals surface area (Å²) in [6, 6.07) is 10.2. The van der Waals surface area contributed by atoms with E-state index in [9.17, 15) is 4.79 Å². The molecule has 1 aliphatic rings. The molecule has 1 aliphatic heterocycles. The summed E-state index contributed by atoms with van der Waals surface area (Å²) in [5.41, 5.74) is 1.46. The van der Waals surface area contributed by atoms with Gasteiger partial charge in [-0.3, -0.25) is 4.79 Å². The molecule has 2 N–H and O–H groups in total. The van der Waals surface area contributed by atoms with Crippen molar-refractivity contribution >= 4 is 44.2 Å². The lowest BCUT2D eigenvalue weighted by atomic mass is 10.2. The van der Waals surface area contributed by atoms with Gasteiger partial charge in [0.2, 0.25) is 5.91 Å². The van der Waals surface area contributed by atoms with Gasteiger partial charge in [0, 0.05) is 29.2 Å². The number of aromatic amines is 1. The van der Waals surface area contributed by atoms with Crippen LogP contribution in [-0.2, 0) is 4.79 Å². The summed E-state index contributed by atoms with van der Waals surface area (Å²) >= 11 is 1.69. The third-order valence-corrected chi connectivity index (χ3v) is 6.30. The minimum Gasteiger partial charge on any atom is -0.480 e. The molecule has 0 saturated carbocycles. The molecule has 0 bridgehead atoms. The number of benzene rings is 1. The summed E-state index contributed by atoms with van der Waals surface area (Å²) < 4.78 is 7.06. The number of likely N-dealkylation sites (tertiary alicyclic amines) is 1. The Labute approximate surface area is 189 Å². The lowest BCUT2D eigenvalue weighted by Gasteiger charge is -2.15. The standard InChI is InChI=1S/C24H21N5O2S/c1-2-22(30)29-10-8-17(14-29)28-24-19-13-16(27-23(19)25-15-26-24)5-4-11-31-20-6-3-7-21-18(20)9-12-32-21/h2-3,6-7,9,12-13,15,17H,1,8,10-11,14H2,(H2,25,26,27,28). The van der Waals surface area contributed by atoms with E-state index in [0.717, 1.165) is 34.5 Å². The lowest BCUT2D eigenvalue weighted by molar-refractivity contribution is -0.125. The van der Waals surface area contributed by atoms with Crippen LogP contribution in [0.4, 0.5) is 5.82 Å². The van der Waals surface area contributed by atoms with E-state index in [0.29, 0.717) is 18.7 Å².